The molecule has 0 bridgehead atoms. The molecule has 0 unspecified atom stereocenters. The highest BCUT2D eigenvalue weighted by molar-refractivity contribution is 6.74. The van der Waals surface area contributed by atoms with Crippen molar-refractivity contribution in [3.8, 4) is 0 Å². The summed E-state index contributed by atoms with van der Waals surface area (Å²) >= 11 is 0. The first-order chi connectivity index (χ1) is 21.0. The van der Waals surface area contributed by atoms with Gasteiger partial charge in [0.2, 0.25) is 5.91 Å². The summed E-state index contributed by atoms with van der Waals surface area (Å²) in [5.74, 6) is 1.51. The molecule has 3 aliphatic rings. The molecule has 3 rings (SSSR count). The van der Waals surface area contributed by atoms with Crippen LogP contribution in [0.3, 0.4) is 0 Å². The third-order valence-electron chi connectivity index (χ3n) is 12.6. The van der Waals surface area contributed by atoms with Crippen LogP contribution in [0, 0.1) is 23.2 Å². The summed E-state index contributed by atoms with van der Waals surface area (Å²) < 4.78 is 19.3. The highest BCUT2D eigenvalue weighted by atomic mass is 28.4. The van der Waals surface area contributed by atoms with Crippen molar-refractivity contribution in [1.82, 2.24) is 4.90 Å². The fourth-order valence-corrected chi connectivity index (χ4v) is 10.3. The number of likely N-dealkylation sites (N-methyl/N-ethyl adjacent to an activating group) is 1. The van der Waals surface area contributed by atoms with Crippen molar-refractivity contribution in [1.29, 1.82) is 0 Å². The Balaban J connectivity index is 1.88. The van der Waals surface area contributed by atoms with Crippen LogP contribution in [0.5, 0.6) is 0 Å². The van der Waals surface area contributed by atoms with Crippen molar-refractivity contribution in [2.75, 3.05) is 20.9 Å². The summed E-state index contributed by atoms with van der Waals surface area (Å²) in [5.41, 5.74) is 4.31. The Bertz CT molecular complexity index is 1190. The van der Waals surface area contributed by atoms with E-state index < -0.39 is 16.6 Å². The predicted octanol–water partition coefficient (Wildman–Crippen LogP) is 10.4. The van der Waals surface area contributed by atoms with Gasteiger partial charge in [0.25, 0.3) is 0 Å². The van der Waals surface area contributed by atoms with Crippen molar-refractivity contribution in [3.63, 3.8) is 0 Å². The van der Waals surface area contributed by atoms with Gasteiger partial charge in [-0.2, -0.15) is 0 Å². The van der Waals surface area contributed by atoms with Crippen LogP contribution in [-0.4, -0.2) is 60.5 Å². The molecule has 5 nitrogen and oxygen atoms in total. The van der Waals surface area contributed by atoms with E-state index in [0.29, 0.717) is 24.5 Å². The van der Waals surface area contributed by atoms with Gasteiger partial charge in [0.05, 0.1) is 12.2 Å². The van der Waals surface area contributed by atoms with Crippen LogP contribution in [0.2, 0.25) is 36.3 Å². The van der Waals surface area contributed by atoms with E-state index in [1.807, 2.05) is 0 Å². The van der Waals surface area contributed by atoms with Gasteiger partial charge < -0.3 is 18.5 Å². The Kier molecular flexibility index (Phi) is 12.5. The SMILES string of the molecule is C=C1/C(=C\C=C2/CCC[C@]3(C)[C@@H]([C@@H](C)/C=C/C(=O)N(C)COC)CC[C@@H]23)C[C@@H](O[Si](C)(C)C(C)(C)C)C[C@@H]1O[Si](C)(C)C(C)(C)C. The third kappa shape index (κ3) is 8.85. The third-order valence-corrected chi connectivity index (χ3v) is 21.7. The molecule has 1 amide bonds. The molecule has 3 fully saturated rings. The highest BCUT2D eigenvalue weighted by Crippen LogP contribution is 2.59. The molecular weight excluding hydrogens is 603 g/mol. The van der Waals surface area contributed by atoms with Crippen molar-refractivity contribution in [2.45, 2.75) is 149 Å². The number of methoxy groups -OCH3 is 1. The summed E-state index contributed by atoms with van der Waals surface area (Å²) in [7, 11) is -0.544. The summed E-state index contributed by atoms with van der Waals surface area (Å²) in [5, 5.41) is 0.297. The second-order valence-corrected chi connectivity index (χ2v) is 27.5. The van der Waals surface area contributed by atoms with E-state index in [9.17, 15) is 4.79 Å². The number of allylic oxidation sites excluding steroid dienone is 4. The number of amides is 1. The van der Waals surface area contributed by atoms with E-state index in [4.69, 9.17) is 13.6 Å². The van der Waals surface area contributed by atoms with Crippen LogP contribution in [0.4, 0.5) is 0 Å². The summed E-state index contributed by atoms with van der Waals surface area (Å²) in [6, 6.07) is 0. The molecule has 0 aromatic carbocycles. The average Bonchev–Trinajstić information content (AvgIpc) is 3.28. The minimum Gasteiger partial charge on any atom is -0.413 e. The molecule has 0 heterocycles. The molecule has 0 aromatic heterocycles. The van der Waals surface area contributed by atoms with Gasteiger partial charge in [-0.1, -0.05) is 85.8 Å². The molecule has 0 saturated heterocycles. The Hall–Kier alpha value is -1.26. The topological polar surface area (TPSA) is 48.0 Å². The standard InChI is InChI=1S/C39H69NO4Si2/c1-28(18-23-36(41)40(10)27-42-11)33-21-22-34-30(17-16-24-39(33,34)9)19-20-31-25-32(43-45(12,13)37(3,4)5)26-35(29(31)2)44-46(14,15)38(6,7)8/h18-20,23,28,32-35H,2,16-17,21-22,24-27H2,1,3-15H3/b23-18+,30-19+,31-20-/t28-,32+,33+,34-,35-,39+/m0/s1. The monoisotopic (exact) mass is 671 g/mol. The maximum atomic E-state index is 12.5. The number of hydrogen-bond acceptors (Lipinski definition) is 4. The van der Waals surface area contributed by atoms with Gasteiger partial charge in [-0.3, -0.25) is 4.79 Å². The molecular formula is C39H69NO4Si2. The molecule has 0 N–H and O–H groups in total. The normalized spacial score (nSPS) is 30.7. The van der Waals surface area contributed by atoms with Crippen LogP contribution in [0.1, 0.15) is 100 Å². The molecule has 0 radical (unpaired) electrons. The summed E-state index contributed by atoms with van der Waals surface area (Å²) in [6.07, 6.45) is 16.8. The van der Waals surface area contributed by atoms with Crippen LogP contribution in [0.15, 0.2) is 47.6 Å². The Morgan fingerprint density at radius 1 is 1.04 bits per heavy atom. The molecule has 6 atom stereocenters. The quantitative estimate of drug-likeness (QED) is 0.132. The number of ether oxygens (including phenoxy) is 1. The lowest BCUT2D eigenvalue weighted by atomic mass is 9.61. The van der Waals surface area contributed by atoms with Crippen LogP contribution in [-0.2, 0) is 18.4 Å². The van der Waals surface area contributed by atoms with Gasteiger partial charge in [0.15, 0.2) is 16.6 Å². The van der Waals surface area contributed by atoms with Crippen molar-refractivity contribution in [2.24, 2.45) is 23.2 Å². The number of carbonyl (C=O) groups is 1. The first kappa shape index (κ1) is 39.2. The van der Waals surface area contributed by atoms with Gasteiger partial charge in [-0.25, -0.2) is 0 Å². The number of carbonyl (C=O) groups excluding carboxylic acids is 1. The molecule has 3 aliphatic carbocycles. The maximum Gasteiger partial charge on any atom is 0.247 e. The van der Waals surface area contributed by atoms with Crippen LogP contribution >= 0.6 is 0 Å². The summed E-state index contributed by atoms with van der Waals surface area (Å²) in [6.45, 7) is 33.2. The first-order valence-corrected chi connectivity index (χ1v) is 23.7. The van der Waals surface area contributed by atoms with Gasteiger partial charge >= 0.3 is 0 Å². The molecule has 7 heteroatoms. The molecule has 3 saturated carbocycles. The van der Waals surface area contributed by atoms with E-state index in [1.54, 1.807) is 30.7 Å². The van der Waals surface area contributed by atoms with E-state index in [-0.39, 0.29) is 33.6 Å². The molecule has 0 spiro atoms. The van der Waals surface area contributed by atoms with Gasteiger partial charge in [-0.05, 0) is 115 Å². The average molecular weight is 672 g/mol. The van der Waals surface area contributed by atoms with E-state index in [0.717, 1.165) is 18.4 Å². The van der Waals surface area contributed by atoms with Crippen molar-refractivity contribution < 1.29 is 18.4 Å². The van der Waals surface area contributed by atoms with Crippen LogP contribution in [0.25, 0.3) is 0 Å². The fraction of sp³-hybridized carbons (Fsp3) is 0.769. The Labute approximate surface area is 285 Å². The Morgan fingerprint density at radius 2 is 1.65 bits per heavy atom. The van der Waals surface area contributed by atoms with Crippen LogP contribution < -0.4 is 0 Å². The molecule has 262 valence electrons. The van der Waals surface area contributed by atoms with Crippen molar-refractivity contribution in [3.05, 3.63) is 47.6 Å². The van der Waals surface area contributed by atoms with Crippen molar-refractivity contribution >= 4 is 22.5 Å². The highest BCUT2D eigenvalue weighted by Gasteiger charge is 2.50. The lowest BCUT2D eigenvalue weighted by Crippen LogP contribution is -2.49. The van der Waals surface area contributed by atoms with E-state index in [2.05, 4.69) is 106 Å². The predicted molar refractivity (Wildman–Crippen MR) is 200 cm³/mol. The number of nitrogens with zero attached hydrogens (tertiary/aromatic N) is 1. The zero-order valence-corrected chi connectivity index (χ0v) is 34.1. The summed E-state index contributed by atoms with van der Waals surface area (Å²) in [4.78, 5) is 14.2. The number of fused-ring (bicyclic) bond motifs is 1. The zero-order valence-electron chi connectivity index (χ0n) is 32.1. The second-order valence-electron chi connectivity index (χ2n) is 18.0. The van der Waals surface area contributed by atoms with Gasteiger partial charge in [0.1, 0.15) is 6.73 Å². The first-order valence-electron chi connectivity index (χ1n) is 17.9. The molecule has 0 aromatic rings. The second kappa shape index (κ2) is 14.7. The number of rotatable bonds is 10. The number of hydrogen-bond donors (Lipinski definition) is 0. The zero-order chi connectivity index (χ0) is 34.9. The lowest BCUT2D eigenvalue weighted by Gasteiger charge is -2.45. The minimum absolute atomic E-state index is 0.000163. The van der Waals surface area contributed by atoms with E-state index in [1.165, 1.54) is 37.7 Å². The molecule has 46 heavy (non-hydrogen) atoms. The Morgan fingerprint density at radius 3 is 2.24 bits per heavy atom. The largest absolute Gasteiger partial charge is 0.413 e. The van der Waals surface area contributed by atoms with E-state index >= 15 is 0 Å². The molecule has 0 aliphatic heterocycles. The van der Waals surface area contributed by atoms with Gasteiger partial charge in [0, 0.05) is 20.6 Å². The fourth-order valence-electron chi connectivity index (χ4n) is 7.66. The minimum atomic E-state index is -2.00. The smallest absolute Gasteiger partial charge is 0.247 e. The maximum absolute atomic E-state index is 12.5. The lowest BCUT2D eigenvalue weighted by molar-refractivity contribution is -0.128. The van der Waals surface area contributed by atoms with Gasteiger partial charge in [-0.15, -0.1) is 0 Å².